The summed E-state index contributed by atoms with van der Waals surface area (Å²) in [4.78, 5) is 23.8. The van der Waals surface area contributed by atoms with Gasteiger partial charge in [-0.25, -0.2) is 4.79 Å². The first-order valence-electron chi connectivity index (χ1n) is 6.61. The number of rotatable bonds is 7. The molecule has 1 aromatic carbocycles. The maximum absolute atomic E-state index is 11.7. The monoisotopic (exact) mass is 295 g/mol. The fourth-order valence-corrected chi connectivity index (χ4v) is 2.51. The quantitative estimate of drug-likeness (QED) is 0.759. The molecule has 0 saturated carbocycles. The molecule has 1 atom stereocenters. The van der Waals surface area contributed by atoms with Crippen molar-refractivity contribution in [1.29, 1.82) is 0 Å². The van der Waals surface area contributed by atoms with E-state index in [1.165, 1.54) is 5.56 Å². The van der Waals surface area contributed by atoms with Crippen molar-refractivity contribution in [2.45, 2.75) is 38.1 Å². The number of aryl methyl sites for hydroxylation is 1. The molecule has 1 aromatic rings. The molecule has 0 aromatic heterocycles. The van der Waals surface area contributed by atoms with Crippen LogP contribution in [0, 0.1) is 12.8 Å². The van der Waals surface area contributed by atoms with Crippen molar-refractivity contribution in [2.24, 2.45) is 5.92 Å². The highest BCUT2D eigenvalue weighted by Crippen LogP contribution is 2.19. The highest BCUT2D eigenvalue weighted by molar-refractivity contribution is 7.99. The van der Waals surface area contributed by atoms with Gasteiger partial charge in [0.25, 0.3) is 0 Å². The number of carbonyl (C=O) groups is 2. The van der Waals surface area contributed by atoms with Gasteiger partial charge in [-0.2, -0.15) is 0 Å². The van der Waals surface area contributed by atoms with Gasteiger partial charge in [0, 0.05) is 17.1 Å². The number of aliphatic carboxylic acids is 1. The van der Waals surface area contributed by atoms with Gasteiger partial charge in [0.05, 0.1) is 0 Å². The molecule has 0 aliphatic heterocycles. The number of amides is 1. The van der Waals surface area contributed by atoms with Crippen LogP contribution in [-0.2, 0) is 9.59 Å². The number of benzene rings is 1. The summed E-state index contributed by atoms with van der Waals surface area (Å²) in [5.41, 5.74) is 1.20. The van der Waals surface area contributed by atoms with Crippen LogP contribution >= 0.6 is 11.8 Å². The summed E-state index contributed by atoms with van der Waals surface area (Å²) >= 11 is 1.59. The predicted molar refractivity (Wildman–Crippen MR) is 80.9 cm³/mol. The molecule has 20 heavy (non-hydrogen) atoms. The van der Waals surface area contributed by atoms with Crippen LogP contribution in [0.2, 0.25) is 0 Å². The Morgan fingerprint density at radius 1 is 1.25 bits per heavy atom. The Bertz CT molecular complexity index is 457. The van der Waals surface area contributed by atoms with Gasteiger partial charge in [-0.3, -0.25) is 4.79 Å². The van der Waals surface area contributed by atoms with Gasteiger partial charge < -0.3 is 10.4 Å². The van der Waals surface area contributed by atoms with Crippen molar-refractivity contribution in [1.82, 2.24) is 5.32 Å². The maximum Gasteiger partial charge on any atom is 0.326 e. The molecule has 0 spiro atoms. The van der Waals surface area contributed by atoms with Crippen LogP contribution in [0.1, 0.15) is 25.8 Å². The number of thioether (sulfide) groups is 1. The molecule has 0 bridgehead atoms. The lowest BCUT2D eigenvalue weighted by Crippen LogP contribution is -2.44. The first-order valence-corrected chi connectivity index (χ1v) is 7.60. The third-order valence-electron chi connectivity index (χ3n) is 2.87. The van der Waals surface area contributed by atoms with Crippen molar-refractivity contribution in [2.75, 3.05) is 5.75 Å². The van der Waals surface area contributed by atoms with Gasteiger partial charge >= 0.3 is 5.97 Å². The average molecular weight is 295 g/mol. The minimum atomic E-state index is -0.987. The number of hydrogen-bond donors (Lipinski definition) is 2. The SMILES string of the molecule is Cc1ccc(SCCC(=O)N[C@@H](C(=O)O)C(C)C)cc1. The zero-order valence-corrected chi connectivity index (χ0v) is 12.9. The minimum absolute atomic E-state index is 0.124. The lowest BCUT2D eigenvalue weighted by molar-refractivity contribution is -0.143. The second kappa shape index (κ2) is 7.94. The van der Waals surface area contributed by atoms with Gasteiger partial charge in [-0.15, -0.1) is 11.8 Å². The van der Waals surface area contributed by atoms with Gasteiger partial charge in [-0.1, -0.05) is 31.5 Å². The Morgan fingerprint density at radius 2 is 1.85 bits per heavy atom. The fraction of sp³-hybridized carbons (Fsp3) is 0.467. The van der Waals surface area contributed by atoms with Gasteiger partial charge in [0.2, 0.25) is 5.91 Å². The number of carbonyl (C=O) groups excluding carboxylic acids is 1. The third kappa shape index (κ3) is 5.65. The van der Waals surface area contributed by atoms with Crippen LogP contribution in [0.3, 0.4) is 0 Å². The van der Waals surface area contributed by atoms with E-state index in [0.29, 0.717) is 12.2 Å². The summed E-state index contributed by atoms with van der Waals surface area (Å²) in [7, 11) is 0. The van der Waals surface area contributed by atoms with E-state index in [0.717, 1.165) is 4.90 Å². The van der Waals surface area contributed by atoms with Crippen molar-refractivity contribution < 1.29 is 14.7 Å². The lowest BCUT2D eigenvalue weighted by atomic mass is 10.0. The molecule has 5 heteroatoms. The van der Waals surface area contributed by atoms with E-state index < -0.39 is 12.0 Å². The van der Waals surface area contributed by atoms with Crippen LogP contribution in [0.5, 0.6) is 0 Å². The summed E-state index contributed by atoms with van der Waals surface area (Å²) < 4.78 is 0. The number of hydrogen-bond acceptors (Lipinski definition) is 3. The fourth-order valence-electron chi connectivity index (χ4n) is 1.66. The van der Waals surface area contributed by atoms with E-state index >= 15 is 0 Å². The van der Waals surface area contributed by atoms with E-state index in [2.05, 4.69) is 5.32 Å². The Kier molecular flexibility index (Phi) is 6.58. The molecule has 4 nitrogen and oxygen atoms in total. The molecule has 1 amide bonds. The van der Waals surface area contributed by atoms with Gasteiger partial charge in [0.1, 0.15) is 6.04 Å². The third-order valence-corrected chi connectivity index (χ3v) is 3.88. The zero-order chi connectivity index (χ0) is 15.1. The molecule has 0 saturated heterocycles. The molecule has 0 unspecified atom stereocenters. The van der Waals surface area contributed by atoms with Gasteiger partial charge in [0.15, 0.2) is 0 Å². The van der Waals surface area contributed by atoms with Crippen LogP contribution < -0.4 is 5.32 Å². The Hall–Kier alpha value is -1.49. The van der Waals surface area contributed by atoms with Crippen LogP contribution in [-0.4, -0.2) is 28.8 Å². The van der Waals surface area contributed by atoms with E-state index in [-0.39, 0.29) is 11.8 Å². The zero-order valence-electron chi connectivity index (χ0n) is 12.1. The summed E-state index contributed by atoms with van der Waals surface area (Å²) in [5, 5.41) is 11.6. The molecule has 2 N–H and O–H groups in total. The number of nitrogens with one attached hydrogen (secondary N) is 1. The molecule has 0 fully saturated rings. The highest BCUT2D eigenvalue weighted by atomic mass is 32.2. The van der Waals surface area contributed by atoms with Crippen LogP contribution in [0.15, 0.2) is 29.2 Å². The minimum Gasteiger partial charge on any atom is -0.480 e. The maximum atomic E-state index is 11.7. The second-order valence-corrected chi connectivity index (χ2v) is 6.21. The molecule has 110 valence electrons. The van der Waals surface area contributed by atoms with Crippen molar-refractivity contribution in [3.8, 4) is 0 Å². The summed E-state index contributed by atoms with van der Waals surface area (Å²) in [6.07, 6.45) is 0.315. The van der Waals surface area contributed by atoms with Crippen LogP contribution in [0.25, 0.3) is 0 Å². The Balaban J connectivity index is 2.36. The molecular formula is C15H21NO3S. The molecule has 0 radical (unpaired) electrons. The smallest absolute Gasteiger partial charge is 0.326 e. The van der Waals surface area contributed by atoms with Crippen molar-refractivity contribution >= 4 is 23.6 Å². The first kappa shape index (κ1) is 16.6. The largest absolute Gasteiger partial charge is 0.480 e. The summed E-state index contributed by atoms with van der Waals surface area (Å²) in [5.74, 6) is -0.689. The highest BCUT2D eigenvalue weighted by Gasteiger charge is 2.22. The second-order valence-electron chi connectivity index (χ2n) is 5.04. The van der Waals surface area contributed by atoms with E-state index in [9.17, 15) is 9.59 Å². The molecule has 0 aliphatic carbocycles. The first-order chi connectivity index (χ1) is 9.40. The Labute approximate surface area is 124 Å². The van der Waals surface area contributed by atoms with E-state index in [1.54, 1.807) is 25.6 Å². The lowest BCUT2D eigenvalue weighted by Gasteiger charge is -2.17. The summed E-state index contributed by atoms with van der Waals surface area (Å²) in [6, 6.07) is 7.29. The predicted octanol–water partition coefficient (Wildman–Crippen LogP) is 2.70. The topological polar surface area (TPSA) is 66.4 Å². The number of carboxylic acid groups (broad SMARTS) is 1. The van der Waals surface area contributed by atoms with Crippen molar-refractivity contribution in [3.05, 3.63) is 29.8 Å². The molecule has 0 heterocycles. The average Bonchev–Trinajstić information content (AvgIpc) is 2.37. The number of carboxylic acids is 1. The molecular weight excluding hydrogens is 274 g/mol. The molecule has 0 aliphatic rings. The normalized spacial score (nSPS) is 12.2. The van der Waals surface area contributed by atoms with Crippen molar-refractivity contribution in [3.63, 3.8) is 0 Å². The Morgan fingerprint density at radius 3 is 2.35 bits per heavy atom. The summed E-state index contributed by atoms with van der Waals surface area (Å²) in [6.45, 7) is 5.58. The van der Waals surface area contributed by atoms with Crippen LogP contribution in [0.4, 0.5) is 0 Å². The van der Waals surface area contributed by atoms with Gasteiger partial charge in [-0.05, 0) is 25.0 Å². The standard InChI is InChI=1S/C15H21NO3S/c1-10(2)14(15(18)19)16-13(17)8-9-20-12-6-4-11(3)5-7-12/h4-7,10,14H,8-9H2,1-3H3,(H,16,17)(H,18,19)/t14-/m1/s1. The van der Waals surface area contributed by atoms with E-state index in [4.69, 9.17) is 5.11 Å². The van der Waals surface area contributed by atoms with E-state index in [1.807, 2.05) is 31.2 Å². The molecule has 1 rings (SSSR count).